The average molecular weight is 354 g/mol. The number of ether oxygens (including phenoxy) is 1. The fraction of sp³-hybridized carbons (Fsp3) is 0.240. The Hall–Kier alpha value is -2.87. The zero-order valence-corrected chi connectivity index (χ0v) is 16.6. The molecule has 3 aromatic carbocycles. The molecule has 0 unspecified atom stereocenters. The van der Waals surface area contributed by atoms with Gasteiger partial charge in [0, 0.05) is 6.07 Å². The lowest BCUT2D eigenvalue weighted by molar-refractivity contribution is -0.659. The number of aryl methyl sites for hydroxylation is 2. The number of pyridine rings is 1. The largest absolute Gasteiger partial charge is 0.456 e. The van der Waals surface area contributed by atoms with E-state index in [0.717, 1.165) is 11.5 Å². The van der Waals surface area contributed by atoms with Crippen LogP contribution in [0.25, 0.3) is 32.8 Å². The van der Waals surface area contributed by atoms with Crippen molar-refractivity contribution in [2.24, 2.45) is 7.05 Å². The summed E-state index contributed by atoms with van der Waals surface area (Å²) < 4.78 is 8.74. The number of aromatic nitrogens is 1. The van der Waals surface area contributed by atoms with Crippen molar-refractivity contribution in [3.8, 4) is 22.8 Å². The van der Waals surface area contributed by atoms with E-state index in [9.17, 15) is 0 Å². The molecule has 2 nitrogen and oxygen atoms in total. The van der Waals surface area contributed by atoms with Gasteiger partial charge in [0.05, 0.1) is 10.9 Å². The van der Waals surface area contributed by atoms with Crippen LogP contribution in [0.1, 0.15) is 31.9 Å². The third-order valence-corrected chi connectivity index (χ3v) is 5.80. The summed E-state index contributed by atoms with van der Waals surface area (Å²) in [6.07, 6.45) is 2.16. The highest BCUT2D eigenvalue weighted by Crippen LogP contribution is 2.49. The first-order valence-corrected chi connectivity index (χ1v) is 9.52. The maximum absolute atomic E-state index is 6.52. The molecule has 0 fully saturated rings. The van der Waals surface area contributed by atoms with Crippen LogP contribution < -0.4 is 9.30 Å². The number of rotatable bonds is 0. The highest BCUT2D eigenvalue weighted by molar-refractivity contribution is 6.05. The summed E-state index contributed by atoms with van der Waals surface area (Å²) in [7, 11) is 2.12. The molecule has 1 aliphatic rings. The quantitative estimate of drug-likeness (QED) is 0.302. The van der Waals surface area contributed by atoms with Crippen LogP contribution in [0.3, 0.4) is 0 Å². The molecule has 0 amide bonds. The van der Waals surface area contributed by atoms with E-state index in [0.29, 0.717) is 0 Å². The number of hydrogen-bond donors (Lipinski definition) is 0. The summed E-state index contributed by atoms with van der Waals surface area (Å²) >= 11 is 0. The van der Waals surface area contributed by atoms with Gasteiger partial charge in [-0.1, -0.05) is 45.0 Å². The molecule has 27 heavy (non-hydrogen) atoms. The molecule has 2 heteroatoms. The lowest BCUT2D eigenvalue weighted by Crippen LogP contribution is -2.32. The summed E-state index contributed by atoms with van der Waals surface area (Å²) in [5.41, 5.74) is 5.10. The van der Waals surface area contributed by atoms with E-state index in [1.54, 1.807) is 0 Å². The average Bonchev–Trinajstić information content (AvgIpc) is 2.63. The molecule has 134 valence electrons. The molecule has 0 radical (unpaired) electrons. The van der Waals surface area contributed by atoms with Crippen molar-refractivity contribution in [1.82, 2.24) is 0 Å². The Morgan fingerprint density at radius 2 is 1.67 bits per heavy atom. The van der Waals surface area contributed by atoms with E-state index < -0.39 is 0 Å². The second-order valence-electron chi connectivity index (χ2n) is 8.66. The zero-order chi connectivity index (χ0) is 18.9. The third kappa shape index (κ3) is 2.29. The van der Waals surface area contributed by atoms with Crippen LogP contribution in [0.4, 0.5) is 0 Å². The van der Waals surface area contributed by atoms with Gasteiger partial charge in [0.15, 0.2) is 6.20 Å². The standard InChI is InChI=1S/C25H24NO/c1-15-19-9-7-6-8-16(19)13-20-22(15)24-23-17(10-11-26(24)5)12-18(25(2,3)4)14-21(23)27-20/h6-14H,1-5H3/q+1. The topological polar surface area (TPSA) is 13.1 Å². The van der Waals surface area contributed by atoms with Gasteiger partial charge in [-0.15, -0.1) is 0 Å². The summed E-state index contributed by atoms with van der Waals surface area (Å²) in [4.78, 5) is 0. The van der Waals surface area contributed by atoms with Crippen LogP contribution in [-0.4, -0.2) is 0 Å². The molecule has 0 bridgehead atoms. The van der Waals surface area contributed by atoms with E-state index >= 15 is 0 Å². The van der Waals surface area contributed by atoms with Gasteiger partial charge in [0.1, 0.15) is 18.5 Å². The van der Waals surface area contributed by atoms with Gasteiger partial charge in [-0.25, -0.2) is 4.57 Å². The first-order chi connectivity index (χ1) is 12.8. The van der Waals surface area contributed by atoms with E-state index in [4.69, 9.17) is 4.74 Å². The SMILES string of the molecule is Cc1c2c(cc3ccccc13)Oc1cc(C(C)(C)C)cc3cc[n+](C)c-2c13. The Morgan fingerprint density at radius 1 is 0.889 bits per heavy atom. The van der Waals surface area contributed by atoms with E-state index in [-0.39, 0.29) is 5.41 Å². The predicted molar refractivity (Wildman–Crippen MR) is 112 cm³/mol. The highest BCUT2D eigenvalue weighted by Gasteiger charge is 2.31. The molecule has 0 aliphatic carbocycles. The fourth-order valence-electron chi connectivity index (χ4n) is 4.27. The molecule has 5 rings (SSSR count). The normalized spacial score (nSPS) is 12.9. The minimum absolute atomic E-state index is 0.0752. The number of hydrogen-bond acceptors (Lipinski definition) is 1. The van der Waals surface area contributed by atoms with Crippen LogP contribution in [0.2, 0.25) is 0 Å². The van der Waals surface area contributed by atoms with Crippen LogP contribution >= 0.6 is 0 Å². The minimum Gasteiger partial charge on any atom is -0.456 e. The molecule has 0 atom stereocenters. The summed E-state index contributed by atoms with van der Waals surface area (Å²) in [6, 6.07) is 17.5. The fourth-order valence-corrected chi connectivity index (χ4v) is 4.27. The van der Waals surface area contributed by atoms with Gasteiger partial charge in [-0.3, -0.25) is 0 Å². The Kier molecular flexibility index (Phi) is 3.22. The van der Waals surface area contributed by atoms with Crippen molar-refractivity contribution in [3.05, 3.63) is 65.9 Å². The Bertz CT molecular complexity index is 1250. The molecule has 4 aromatic rings. The maximum Gasteiger partial charge on any atom is 0.228 e. The lowest BCUT2D eigenvalue weighted by Gasteiger charge is -2.25. The van der Waals surface area contributed by atoms with E-state index in [2.05, 4.69) is 94.0 Å². The second-order valence-corrected chi connectivity index (χ2v) is 8.66. The van der Waals surface area contributed by atoms with Crippen LogP contribution in [0, 0.1) is 6.92 Å². The van der Waals surface area contributed by atoms with Crippen molar-refractivity contribution < 1.29 is 9.30 Å². The summed E-state index contributed by atoms with van der Waals surface area (Å²) in [5, 5.41) is 4.95. The Labute approximate surface area is 160 Å². The number of benzene rings is 3. The van der Waals surface area contributed by atoms with Crippen LogP contribution in [0.5, 0.6) is 11.5 Å². The van der Waals surface area contributed by atoms with Crippen molar-refractivity contribution in [1.29, 1.82) is 0 Å². The van der Waals surface area contributed by atoms with Crippen molar-refractivity contribution in [3.63, 3.8) is 0 Å². The highest BCUT2D eigenvalue weighted by atomic mass is 16.5. The van der Waals surface area contributed by atoms with Gasteiger partial charge >= 0.3 is 0 Å². The van der Waals surface area contributed by atoms with E-state index in [1.165, 1.54) is 43.9 Å². The molecular weight excluding hydrogens is 330 g/mol. The Morgan fingerprint density at radius 3 is 2.44 bits per heavy atom. The molecule has 0 N–H and O–H groups in total. The lowest BCUT2D eigenvalue weighted by atomic mass is 9.84. The predicted octanol–water partition coefficient (Wildman–Crippen LogP) is 6.20. The van der Waals surface area contributed by atoms with Crippen LogP contribution in [0.15, 0.2) is 54.7 Å². The molecule has 1 aromatic heterocycles. The van der Waals surface area contributed by atoms with E-state index in [1.807, 2.05) is 0 Å². The van der Waals surface area contributed by atoms with Crippen molar-refractivity contribution >= 4 is 21.5 Å². The monoisotopic (exact) mass is 354 g/mol. The zero-order valence-electron chi connectivity index (χ0n) is 16.6. The second kappa shape index (κ2) is 5.32. The molecular formula is C25H24NO+. The molecule has 2 heterocycles. The van der Waals surface area contributed by atoms with Gasteiger partial charge in [-0.2, -0.15) is 0 Å². The summed E-state index contributed by atoms with van der Waals surface area (Å²) in [5.74, 6) is 1.92. The summed E-state index contributed by atoms with van der Waals surface area (Å²) in [6.45, 7) is 8.95. The minimum atomic E-state index is 0.0752. The third-order valence-electron chi connectivity index (χ3n) is 5.80. The van der Waals surface area contributed by atoms with Gasteiger partial charge < -0.3 is 4.74 Å². The van der Waals surface area contributed by atoms with Crippen LogP contribution in [-0.2, 0) is 12.5 Å². The first-order valence-electron chi connectivity index (χ1n) is 9.52. The van der Waals surface area contributed by atoms with Gasteiger partial charge in [-0.05, 0) is 57.8 Å². The van der Waals surface area contributed by atoms with Crippen molar-refractivity contribution in [2.75, 3.05) is 0 Å². The molecule has 1 aliphatic heterocycles. The number of fused-ring (bicyclic) bond motifs is 3. The van der Waals surface area contributed by atoms with Gasteiger partial charge in [0.25, 0.3) is 0 Å². The van der Waals surface area contributed by atoms with Gasteiger partial charge in [0.2, 0.25) is 5.69 Å². The molecule has 0 saturated heterocycles. The maximum atomic E-state index is 6.52. The Balaban J connectivity index is 1.94. The molecule has 0 saturated carbocycles. The van der Waals surface area contributed by atoms with Crippen molar-refractivity contribution in [2.45, 2.75) is 33.1 Å². The smallest absolute Gasteiger partial charge is 0.228 e. The molecule has 0 spiro atoms. The first kappa shape index (κ1) is 16.3. The number of nitrogens with zero attached hydrogens (tertiary/aromatic N) is 1.